The Balaban J connectivity index is 0.00000121. The van der Waals surface area contributed by atoms with Gasteiger partial charge in [-0.15, -0.1) is 0 Å². The summed E-state index contributed by atoms with van der Waals surface area (Å²) in [6.07, 6.45) is 5.86. The Morgan fingerprint density at radius 2 is 1.82 bits per heavy atom. The van der Waals surface area contributed by atoms with Gasteiger partial charge in [0.2, 0.25) is 5.91 Å². The number of aldehydes is 1. The van der Waals surface area contributed by atoms with Crippen LogP contribution >= 0.6 is 0 Å². The molecule has 0 aromatic heterocycles. The second kappa shape index (κ2) is 9.20. The van der Waals surface area contributed by atoms with Crippen molar-refractivity contribution in [3.05, 3.63) is 0 Å². The maximum absolute atomic E-state index is 11.7. The molecule has 0 aromatic carbocycles. The summed E-state index contributed by atoms with van der Waals surface area (Å²) in [5.74, 6) is 0.661. The minimum Gasteiger partial charge on any atom is -0.346 e. The van der Waals surface area contributed by atoms with Gasteiger partial charge in [-0.25, -0.2) is 0 Å². The fourth-order valence-electron chi connectivity index (χ4n) is 2.14. The number of hydrogen-bond donors (Lipinski definition) is 1. The predicted molar refractivity (Wildman–Crippen MR) is 70.8 cm³/mol. The van der Waals surface area contributed by atoms with Crippen LogP contribution in [-0.4, -0.2) is 18.2 Å². The third kappa shape index (κ3) is 6.44. The van der Waals surface area contributed by atoms with E-state index in [4.69, 9.17) is 0 Å². The first kappa shape index (κ1) is 16.1. The van der Waals surface area contributed by atoms with Gasteiger partial charge in [0.15, 0.2) is 0 Å². The molecule has 3 nitrogen and oxygen atoms in total. The molecule has 1 aliphatic rings. The van der Waals surface area contributed by atoms with Gasteiger partial charge in [0.1, 0.15) is 6.29 Å². The third-order valence-corrected chi connectivity index (χ3v) is 2.94. The van der Waals surface area contributed by atoms with Gasteiger partial charge in [0.25, 0.3) is 0 Å². The van der Waals surface area contributed by atoms with Gasteiger partial charge in [0, 0.05) is 5.92 Å². The van der Waals surface area contributed by atoms with E-state index in [-0.39, 0.29) is 17.9 Å². The highest BCUT2D eigenvalue weighted by Gasteiger charge is 2.24. The van der Waals surface area contributed by atoms with Crippen LogP contribution in [0.3, 0.4) is 0 Å². The summed E-state index contributed by atoms with van der Waals surface area (Å²) < 4.78 is 0. The van der Waals surface area contributed by atoms with E-state index in [1.807, 2.05) is 13.8 Å². The lowest BCUT2D eigenvalue weighted by molar-refractivity contribution is -0.127. The Morgan fingerprint density at radius 1 is 1.29 bits per heavy atom. The molecule has 1 atom stereocenters. The van der Waals surface area contributed by atoms with E-state index in [0.29, 0.717) is 5.92 Å². The lowest BCUT2D eigenvalue weighted by Crippen LogP contribution is -2.39. The summed E-state index contributed by atoms with van der Waals surface area (Å²) >= 11 is 0. The van der Waals surface area contributed by atoms with Crippen LogP contribution in [0, 0.1) is 11.8 Å². The van der Waals surface area contributed by atoms with Crippen molar-refractivity contribution in [1.82, 2.24) is 5.32 Å². The Labute approximate surface area is 105 Å². The van der Waals surface area contributed by atoms with Gasteiger partial charge in [-0.05, 0) is 25.2 Å². The minimum absolute atomic E-state index is 0.0743. The number of amides is 1. The van der Waals surface area contributed by atoms with Crippen LogP contribution in [0.15, 0.2) is 0 Å². The number of carbonyl (C=O) groups excluding carboxylic acids is 2. The third-order valence-electron chi connectivity index (χ3n) is 2.94. The Bertz CT molecular complexity index is 220. The molecule has 0 heterocycles. The quantitative estimate of drug-likeness (QED) is 0.752. The maximum atomic E-state index is 11.7. The van der Waals surface area contributed by atoms with Crippen molar-refractivity contribution >= 4 is 12.2 Å². The first-order valence-corrected chi connectivity index (χ1v) is 6.89. The summed E-state index contributed by atoms with van der Waals surface area (Å²) in [4.78, 5) is 22.5. The number of carbonyl (C=O) groups is 2. The number of hydrogen-bond acceptors (Lipinski definition) is 2. The molecular weight excluding hydrogens is 214 g/mol. The molecule has 0 aliphatic heterocycles. The Morgan fingerprint density at radius 3 is 2.24 bits per heavy atom. The zero-order valence-electron chi connectivity index (χ0n) is 11.7. The van der Waals surface area contributed by atoms with Crippen molar-refractivity contribution in [2.45, 2.75) is 65.8 Å². The highest BCUT2D eigenvalue weighted by atomic mass is 16.2. The molecule has 100 valence electrons. The van der Waals surface area contributed by atoms with Gasteiger partial charge in [0.05, 0.1) is 6.04 Å². The van der Waals surface area contributed by atoms with E-state index >= 15 is 0 Å². The molecule has 1 unspecified atom stereocenters. The van der Waals surface area contributed by atoms with Gasteiger partial charge >= 0.3 is 0 Å². The van der Waals surface area contributed by atoms with Crippen LogP contribution in [0.1, 0.15) is 59.8 Å². The van der Waals surface area contributed by atoms with Crippen molar-refractivity contribution in [2.24, 2.45) is 11.8 Å². The average Bonchev–Trinajstić information content (AvgIpc) is 2.83. The van der Waals surface area contributed by atoms with Crippen LogP contribution in [0.4, 0.5) is 0 Å². The average molecular weight is 241 g/mol. The fourth-order valence-corrected chi connectivity index (χ4v) is 2.14. The van der Waals surface area contributed by atoms with E-state index < -0.39 is 0 Å². The van der Waals surface area contributed by atoms with Crippen LogP contribution in [0.2, 0.25) is 0 Å². The van der Waals surface area contributed by atoms with Crippen molar-refractivity contribution in [3.8, 4) is 0 Å². The van der Waals surface area contributed by atoms with Crippen LogP contribution in [0.5, 0.6) is 0 Å². The molecule has 17 heavy (non-hydrogen) atoms. The summed E-state index contributed by atoms with van der Waals surface area (Å²) in [6, 6.07) is -0.293. The zero-order valence-corrected chi connectivity index (χ0v) is 11.7. The Hall–Kier alpha value is -0.860. The summed E-state index contributed by atoms with van der Waals surface area (Å²) in [5.41, 5.74) is 0. The second-order valence-electron chi connectivity index (χ2n) is 4.86. The van der Waals surface area contributed by atoms with Crippen molar-refractivity contribution in [1.29, 1.82) is 0 Å². The highest BCUT2D eigenvalue weighted by molar-refractivity contribution is 5.81. The standard InChI is InChI=1S/C12H21NO2.C2H6/c1-9(2)7-11(8-14)13-12(15)10-5-3-4-6-10;1-2/h8-11H,3-7H2,1-2H3,(H,13,15);1-2H3. The lowest BCUT2D eigenvalue weighted by atomic mass is 10.0. The highest BCUT2D eigenvalue weighted by Crippen LogP contribution is 2.24. The van der Waals surface area contributed by atoms with Crippen molar-refractivity contribution in [3.63, 3.8) is 0 Å². The molecule has 0 bridgehead atoms. The Kier molecular flexibility index (Phi) is 8.73. The molecular formula is C14H27NO2. The van der Waals surface area contributed by atoms with E-state index in [1.165, 1.54) is 0 Å². The maximum Gasteiger partial charge on any atom is 0.223 e. The van der Waals surface area contributed by atoms with Crippen LogP contribution in [-0.2, 0) is 9.59 Å². The molecule has 1 amide bonds. The van der Waals surface area contributed by atoms with E-state index in [1.54, 1.807) is 0 Å². The molecule has 0 aromatic rings. The minimum atomic E-state index is -0.293. The zero-order chi connectivity index (χ0) is 13.3. The SMILES string of the molecule is CC.CC(C)CC(C=O)NC(=O)C1CCCC1. The molecule has 1 aliphatic carbocycles. The normalized spacial score (nSPS) is 17.2. The molecule has 1 rings (SSSR count). The molecule has 1 N–H and O–H groups in total. The van der Waals surface area contributed by atoms with Crippen LogP contribution in [0.25, 0.3) is 0 Å². The second-order valence-corrected chi connectivity index (χ2v) is 4.86. The molecule has 0 spiro atoms. The monoisotopic (exact) mass is 241 g/mol. The fraction of sp³-hybridized carbons (Fsp3) is 0.857. The van der Waals surface area contributed by atoms with Crippen molar-refractivity contribution in [2.75, 3.05) is 0 Å². The molecule has 0 saturated heterocycles. The largest absolute Gasteiger partial charge is 0.346 e. The molecule has 0 radical (unpaired) electrons. The van der Waals surface area contributed by atoms with Gasteiger partial charge < -0.3 is 10.1 Å². The lowest BCUT2D eigenvalue weighted by Gasteiger charge is -2.17. The molecule has 1 saturated carbocycles. The van der Waals surface area contributed by atoms with Crippen LogP contribution < -0.4 is 5.32 Å². The van der Waals surface area contributed by atoms with E-state index in [0.717, 1.165) is 38.4 Å². The van der Waals surface area contributed by atoms with Gasteiger partial charge in [-0.2, -0.15) is 0 Å². The summed E-state index contributed by atoms with van der Waals surface area (Å²) in [7, 11) is 0. The van der Waals surface area contributed by atoms with E-state index in [2.05, 4.69) is 19.2 Å². The van der Waals surface area contributed by atoms with E-state index in [9.17, 15) is 9.59 Å². The topological polar surface area (TPSA) is 46.2 Å². The molecule has 1 fully saturated rings. The summed E-state index contributed by atoms with van der Waals surface area (Å²) in [5, 5.41) is 2.83. The van der Waals surface area contributed by atoms with Gasteiger partial charge in [-0.1, -0.05) is 40.5 Å². The van der Waals surface area contributed by atoms with Crippen molar-refractivity contribution < 1.29 is 9.59 Å². The smallest absolute Gasteiger partial charge is 0.223 e. The number of nitrogens with one attached hydrogen (secondary N) is 1. The first-order valence-electron chi connectivity index (χ1n) is 6.89. The number of rotatable bonds is 5. The first-order chi connectivity index (χ1) is 8.13. The molecule has 3 heteroatoms. The predicted octanol–water partition coefficient (Wildman–Crippen LogP) is 2.93. The van der Waals surface area contributed by atoms with Gasteiger partial charge in [-0.3, -0.25) is 4.79 Å². The summed E-state index contributed by atoms with van der Waals surface area (Å²) in [6.45, 7) is 8.11.